The highest BCUT2D eigenvalue weighted by molar-refractivity contribution is 6.07. The predicted octanol–water partition coefficient (Wildman–Crippen LogP) is 3.33. The normalized spacial score (nSPS) is 11.2. The molecule has 0 spiro atoms. The fourth-order valence-electron chi connectivity index (χ4n) is 2.80. The maximum absolute atomic E-state index is 13.0. The Kier molecular flexibility index (Phi) is 3.86. The smallest absolute Gasteiger partial charge is 0.260 e. The zero-order valence-electron chi connectivity index (χ0n) is 13.8. The highest BCUT2D eigenvalue weighted by atomic mass is 16.2. The van der Waals surface area contributed by atoms with Crippen LogP contribution in [0, 0.1) is 6.92 Å². The van der Waals surface area contributed by atoms with Gasteiger partial charge in [0.15, 0.2) is 5.65 Å². The third-order valence-electron chi connectivity index (χ3n) is 3.88. The molecule has 2 heterocycles. The van der Waals surface area contributed by atoms with Crippen LogP contribution >= 0.6 is 0 Å². The van der Waals surface area contributed by atoms with Crippen LogP contribution < -0.4 is 4.90 Å². The van der Waals surface area contributed by atoms with Crippen LogP contribution in [0.5, 0.6) is 0 Å². The van der Waals surface area contributed by atoms with E-state index in [1.807, 2.05) is 64.2 Å². The van der Waals surface area contributed by atoms with Gasteiger partial charge in [-0.25, -0.2) is 4.98 Å². The van der Waals surface area contributed by atoms with E-state index in [1.54, 1.807) is 15.8 Å². The summed E-state index contributed by atoms with van der Waals surface area (Å²) < 4.78 is 1.73. The summed E-state index contributed by atoms with van der Waals surface area (Å²) in [4.78, 5) is 19.2. The fraction of sp³-hybridized carbons (Fsp3) is 0.278. The summed E-state index contributed by atoms with van der Waals surface area (Å²) in [6, 6.07) is 11.6. The number of anilines is 1. The average molecular weight is 308 g/mol. The summed E-state index contributed by atoms with van der Waals surface area (Å²) >= 11 is 0. The van der Waals surface area contributed by atoms with E-state index >= 15 is 0 Å². The molecule has 23 heavy (non-hydrogen) atoms. The quantitative estimate of drug-likeness (QED) is 0.745. The minimum Gasteiger partial charge on any atom is -0.306 e. The molecular formula is C18H20N4O. The molecule has 0 unspecified atom stereocenters. The Balaban J connectivity index is 2.05. The van der Waals surface area contributed by atoms with Crippen LogP contribution in [0.25, 0.3) is 11.0 Å². The van der Waals surface area contributed by atoms with Gasteiger partial charge in [-0.1, -0.05) is 18.2 Å². The molecule has 0 aliphatic carbocycles. The number of aryl methyl sites for hydroxylation is 2. The standard InChI is InChI=1S/C18H20N4O/c1-12(2)22(15-8-6-5-7-9-15)18(23)14-10-16-13(3)20-21(4)17(16)19-11-14/h5-12H,1-4H3. The van der Waals surface area contributed by atoms with Crippen molar-refractivity contribution in [2.45, 2.75) is 26.8 Å². The van der Waals surface area contributed by atoms with Crippen molar-refractivity contribution in [3.8, 4) is 0 Å². The zero-order chi connectivity index (χ0) is 16.6. The van der Waals surface area contributed by atoms with Gasteiger partial charge in [-0.15, -0.1) is 0 Å². The van der Waals surface area contributed by atoms with Gasteiger partial charge < -0.3 is 4.90 Å². The van der Waals surface area contributed by atoms with Gasteiger partial charge in [0, 0.05) is 30.4 Å². The molecule has 0 aliphatic heterocycles. The van der Waals surface area contributed by atoms with Gasteiger partial charge in [-0.05, 0) is 39.0 Å². The first-order valence-electron chi connectivity index (χ1n) is 7.67. The maximum atomic E-state index is 13.0. The van der Waals surface area contributed by atoms with Gasteiger partial charge in [-0.3, -0.25) is 9.48 Å². The minimum absolute atomic E-state index is 0.0515. The molecule has 3 aromatic rings. The first kappa shape index (κ1) is 15.2. The minimum atomic E-state index is -0.0520. The molecule has 5 heteroatoms. The first-order chi connectivity index (χ1) is 11.0. The molecular weight excluding hydrogens is 288 g/mol. The molecule has 0 saturated carbocycles. The molecule has 1 amide bonds. The molecule has 1 aromatic carbocycles. The number of benzene rings is 1. The van der Waals surface area contributed by atoms with E-state index in [1.165, 1.54) is 0 Å². The summed E-state index contributed by atoms with van der Waals surface area (Å²) in [5.41, 5.74) is 3.12. The van der Waals surface area contributed by atoms with E-state index in [0.717, 1.165) is 22.4 Å². The number of pyridine rings is 1. The fourth-order valence-corrected chi connectivity index (χ4v) is 2.80. The van der Waals surface area contributed by atoms with Crippen molar-refractivity contribution in [2.75, 3.05) is 4.90 Å². The molecule has 0 fully saturated rings. The van der Waals surface area contributed by atoms with Gasteiger partial charge in [0.1, 0.15) is 0 Å². The van der Waals surface area contributed by atoms with E-state index in [4.69, 9.17) is 0 Å². The van der Waals surface area contributed by atoms with Crippen molar-refractivity contribution in [1.29, 1.82) is 0 Å². The van der Waals surface area contributed by atoms with Crippen LogP contribution in [0.15, 0.2) is 42.6 Å². The number of fused-ring (bicyclic) bond motifs is 1. The van der Waals surface area contributed by atoms with E-state index in [-0.39, 0.29) is 11.9 Å². The number of carbonyl (C=O) groups excluding carboxylic acids is 1. The Hall–Kier alpha value is -2.69. The molecule has 0 saturated heterocycles. The Morgan fingerprint density at radius 3 is 2.57 bits per heavy atom. The van der Waals surface area contributed by atoms with Crippen LogP contribution in [-0.2, 0) is 7.05 Å². The topological polar surface area (TPSA) is 51.0 Å². The molecule has 0 N–H and O–H groups in total. The second-order valence-electron chi connectivity index (χ2n) is 5.91. The predicted molar refractivity (Wildman–Crippen MR) is 91.6 cm³/mol. The SMILES string of the molecule is Cc1nn(C)c2ncc(C(=O)N(c3ccccc3)C(C)C)cc12. The lowest BCUT2D eigenvalue weighted by molar-refractivity contribution is 0.0980. The summed E-state index contributed by atoms with van der Waals surface area (Å²) in [6.07, 6.45) is 1.63. The van der Waals surface area contributed by atoms with Crippen molar-refractivity contribution in [3.63, 3.8) is 0 Å². The number of amides is 1. The summed E-state index contributed by atoms with van der Waals surface area (Å²) in [6.45, 7) is 5.94. The monoisotopic (exact) mass is 308 g/mol. The number of nitrogens with zero attached hydrogens (tertiary/aromatic N) is 4. The summed E-state index contributed by atoms with van der Waals surface area (Å²) in [7, 11) is 1.86. The second kappa shape index (κ2) is 5.83. The van der Waals surface area contributed by atoms with Gasteiger partial charge in [-0.2, -0.15) is 5.10 Å². The summed E-state index contributed by atoms with van der Waals surface area (Å²) in [5, 5.41) is 5.27. The molecule has 3 rings (SSSR count). The first-order valence-corrected chi connectivity index (χ1v) is 7.67. The molecule has 0 radical (unpaired) electrons. The number of para-hydroxylation sites is 1. The van der Waals surface area contributed by atoms with Crippen molar-refractivity contribution >= 4 is 22.6 Å². The number of carbonyl (C=O) groups is 1. The largest absolute Gasteiger partial charge is 0.306 e. The molecule has 0 atom stereocenters. The molecule has 2 aromatic heterocycles. The summed E-state index contributed by atoms with van der Waals surface area (Å²) in [5.74, 6) is -0.0520. The lowest BCUT2D eigenvalue weighted by Crippen LogP contribution is -2.37. The number of hydrogen-bond acceptors (Lipinski definition) is 3. The average Bonchev–Trinajstić information content (AvgIpc) is 2.82. The third-order valence-corrected chi connectivity index (χ3v) is 3.88. The van der Waals surface area contributed by atoms with E-state index in [0.29, 0.717) is 5.56 Å². The van der Waals surface area contributed by atoms with Crippen LogP contribution in [0.2, 0.25) is 0 Å². The maximum Gasteiger partial charge on any atom is 0.260 e. The van der Waals surface area contributed by atoms with Crippen molar-refractivity contribution < 1.29 is 4.79 Å². The Morgan fingerprint density at radius 1 is 1.22 bits per heavy atom. The highest BCUT2D eigenvalue weighted by Gasteiger charge is 2.22. The van der Waals surface area contributed by atoms with Crippen LogP contribution in [-0.4, -0.2) is 26.7 Å². The van der Waals surface area contributed by atoms with Crippen LogP contribution in [0.4, 0.5) is 5.69 Å². The lowest BCUT2D eigenvalue weighted by atomic mass is 10.1. The molecule has 0 aliphatic rings. The van der Waals surface area contributed by atoms with Gasteiger partial charge in [0.25, 0.3) is 5.91 Å². The van der Waals surface area contributed by atoms with Crippen LogP contribution in [0.3, 0.4) is 0 Å². The highest BCUT2D eigenvalue weighted by Crippen LogP contribution is 2.22. The van der Waals surface area contributed by atoms with E-state index < -0.39 is 0 Å². The zero-order valence-corrected chi connectivity index (χ0v) is 13.8. The van der Waals surface area contributed by atoms with Crippen molar-refractivity contribution in [3.05, 3.63) is 53.9 Å². The lowest BCUT2D eigenvalue weighted by Gasteiger charge is -2.27. The Morgan fingerprint density at radius 2 is 1.91 bits per heavy atom. The van der Waals surface area contributed by atoms with Crippen molar-refractivity contribution in [1.82, 2.24) is 14.8 Å². The van der Waals surface area contributed by atoms with Gasteiger partial charge in [0.05, 0.1) is 11.3 Å². The number of aromatic nitrogens is 3. The molecule has 0 bridgehead atoms. The molecule has 5 nitrogen and oxygen atoms in total. The van der Waals surface area contributed by atoms with E-state index in [9.17, 15) is 4.79 Å². The van der Waals surface area contributed by atoms with Crippen LogP contribution in [0.1, 0.15) is 29.9 Å². The third kappa shape index (κ3) is 2.70. The Labute approximate surface area is 135 Å². The molecule has 118 valence electrons. The number of rotatable bonds is 3. The van der Waals surface area contributed by atoms with Crippen molar-refractivity contribution in [2.24, 2.45) is 7.05 Å². The Bertz CT molecular complexity index is 852. The van der Waals surface area contributed by atoms with E-state index in [2.05, 4.69) is 10.1 Å². The number of hydrogen-bond donors (Lipinski definition) is 0. The van der Waals surface area contributed by atoms with Gasteiger partial charge >= 0.3 is 0 Å². The second-order valence-corrected chi connectivity index (χ2v) is 5.91. The van der Waals surface area contributed by atoms with Gasteiger partial charge in [0.2, 0.25) is 0 Å².